The Balaban J connectivity index is 1.73. The van der Waals surface area contributed by atoms with Crippen molar-refractivity contribution in [1.29, 1.82) is 0 Å². The number of hydrogen-bond acceptors (Lipinski definition) is 4. The molecule has 0 atom stereocenters. The van der Waals surface area contributed by atoms with Crippen molar-refractivity contribution >= 4 is 23.4 Å². The Labute approximate surface area is 152 Å². The second-order valence-electron chi connectivity index (χ2n) is 5.92. The summed E-state index contributed by atoms with van der Waals surface area (Å²) in [6.45, 7) is 4.60. The molecule has 0 radical (unpaired) electrons. The van der Waals surface area contributed by atoms with Gasteiger partial charge in [0.15, 0.2) is 0 Å². The van der Waals surface area contributed by atoms with Crippen LogP contribution in [0.4, 0.5) is 0 Å². The maximum absolute atomic E-state index is 12.2. The first-order valence-corrected chi connectivity index (χ1v) is 8.45. The van der Waals surface area contributed by atoms with Crippen LogP contribution in [0.1, 0.15) is 40.2 Å². The van der Waals surface area contributed by atoms with Gasteiger partial charge >= 0.3 is 0 Å². The highest BCUT2D eigenvalue weighted by Crippen LogP contribution is 2.15. The average molecular weight is 364 g/mol. The van der Waals surface area contributed by atoms with Gasteiger partial charge in [-0.25, -0.2) is 0 Å². The third-order valence-corrected chi connectivity index (χ3v) is 4.21. The van der Waals surface area contributed by atoms with Crippen LogP contribution in [0.5, 0.6) is 0 Å². The zero-order valence-electron chi connectivity index (χ0n) is 14.6. The lowest BCUT2D eigenvalue weighted by molar-refractivity contribution is -0.130. The molecule has 0 unspecified atom stereocenters. The number of hydrogen-bond donors (Lipinski definition) is 1. The minimum atomic E-state index is -0.173. The van der Waals surface area contributed by atoms with Crippen molar-refractivity contribution in [3.05, 3.63) is 51.9 Å². The van der Waals surface area contributed by atoms with Crippen LogP contribution >= 0.6 is 11.6 Å². The smallest absolute Gasteiger partial charge is 0.251 e. The van der Waals surface area contributed by atoms with Crippen molar-refractivity contribution < 1.29 is 14.1 Å². The molecule has 7 heteroatoms. The standard InChI is InChI=1S/C18H22ClN3O3/c1-12-16(13(2)25-21-12)11-22(3)17(23)5-4-10-20-18(24)14-6-8-15(19)9-7-14/h6-9H,4-5,10-11H2,1-3H3,(H,20,24). The average Bonchev–Trinajstić information content (AvgIpc) is 2.90. The first-order chi connectivity index (χ1) is 11.9. The summed E-state index contributed by atoms with van der Waals surface area (Å²) in [5, 5.41) is 7.27. The largest absolute Gasteiger partial charge is 0.361 e. The predicted octanol–water partition coefficient (Wildman–Crippen LogP) is 3.11. The molecule has 0 saturated heterocycles. The molecule has 1 N–H and O–H groups in total. The zero-order chi connectivity index (χ0) is 18.4. The number of carbonyl (C=O) groups excluding carboxylic acids is 2. The minimum Gasteiger partial charge on any atom is -0.361 e. The Morgan fingerprint density at radius 2 is 1.92 bits per heavy atom. The number of rotatable bonds is 7. The van der Waals surface area contributed by atoms with Crippen LogP contribution < -0.4 is 5.32 Å². The van der Waals surface area contributed by atoms with Crippen LogP contribution in [0.3, 0.4) is 0 Å². The van der Waals surface area contributed by atoms with Crippen LogP contribution in [0.15, 0.2) is 28.8 Å². The molecule has 0 aliphatic heterocycles. The summed E-state index contributed by atoms with van der Waals surface area (Å²) < 4.78 is 5.11. The highest BCUT2D eigenvalue weighted by atomic mass is 35.5. The molecule has 0 spiro atoms. The van der Waals surface area contributed by atoms with Crippen molar-refractivity contribution in [3.63, 3.8) is 0 Å². The van der Waals surface area contributed by atoms with Gasteiger partial charge in [-0.15, -0.1) is 0 Å². The maximum Gasteiger partial charge on any atom is 0.251 e. The molecule has 134 valence electrons. The number of aryl methyl sites for hydroxylation is 2. The van der Waals surface area contributed by atoms with E-state index in [0.717, 1.165) is 17.0 Å². The van der Waals surface area contributed by atoms with Crippen LogP contribution in [-0.2, 0) is 11.3 Å². The molecule has 2 rings (SSSR count). The van der Waals surface area contributed by atoms with E-state index in [1.807, 2.05) is 13.8 Å². The van der Waals surface area contributed by atoms with E-state index in [2.05, 4.69) is 10.5 Å². The number of aromatic nitrogens is 1. The van der Waals surface area contributed by atoms with Gasteiger partial charge in [-0.3, -0.25) is 9.59 Å². The van der Waals surface area contributed by atoms with Gasteiger partial charge in [0.25, 0.3) is 5.91 Å². The number of carbonyl (C=O) groups is 2. The third-order valence-electron chi connectivity index (χ3n) is 3.96. The fourth-order valence-electron chi connectivity index (χ4n) is 2.39. The Morgan fingerprint density at radius 3 is 2.52 bits per heavy atom. The Bertz CT molecular complexity index is 721. The van der Waals surface area contributed by atoms with E-state index in [-0.39, 0.29) is 11.8 Å². The molecule has 1 heterocycles. The first kappa shape index (κ1) is 19.0. The Morgan fingerprint density at radius 1 is 1.24 bits per heavy atom. The highest BCUT2D eigenvalue weighted by molar-refractivity contribution is 6.30. The molecule has 2 amide bonds. The summed E-state index contributed by atoms with van der Waals surface area (Å²) in [6.07, 6.45) is 0.935. The van der Waals surface area contributed by atoms with E-state index in [9.17, 15) is 9.59 Å². The SMILES string of the molecule is Cc1noc(C)c1CN(C)C(=O)CCCNC(=O)c1ccc(Cl)cc1. The van der Waals surface area contributed by atoms with E-state index < -0.39 is 0 Å². The third kappa shape index (κ3) is 5.32. The second-order valence-corrected chi connectivity index (χ2v) is 6.36. The molecule has 0 saturated carbocycles. The summed E-state index contributed by atoms with van der Waals surface area (Å²) in [7, 11) is 1.75. The topological polar surface area (TPSA) is 75.4 Å². The van der Waals surface area contributed by atoms with Gasteiger partial charge in [0.2, 0.25) is 5.91 Å². The molecule has 25 heavy (non-hydrogen) atoms. The molecular weight excluding hydrogens is 342 g/mol. The van der Waals surface area contributed by atoms with E-state index >= 15 is 0 Å². The number of nitrogens with zero attached hydrogens (tertiary/aromatic N) is 2. The van der Waals surface area contributed by atoms with Gasteiger partial charge in [-0.05, 0) is 44.5 Å². The predicted molar refractivity (Wildman–Crippen MR) is 95.5 cm³/mol. The van der Waals surface area contributed by atoms with E-state index in [1.54, 1.807) is 36.2 Å². The fourth-order valence-corrected chi connectivity index (χ4v) is 2.51. The molecule has 1 aromatic carbocycles. The van der Waals surface area contributed by atoms with Gasteiger partial charge in [-0.2, -0.15) is 0 Å². The molecule has 1 aromatic heterocycles. The number of amides is 2. The van der Waals surface area contributed by atoms with Crippen LogP contribution in [0, 0.1) is 13.8 Å². The van der Waals surface area contributed by atoms with Crippen LogP contribution in [0.25, 0.3) is 0 Å². The minimum absolute atomic E-state index is 0.0146. The Kier molecular flexibility index (Phi) is 6.58. The van der Waals surface area contributed by atoms with Gasteiger partial charge in [-0.1, -0.05) is 16.8 Å². The second kappa shape index (κ2) is 8.67. The van der Waals surface area contributed by atoms with Crippen molar-refractivity contribution in [2.45, 2.75) is 33.2 Å². The fraction of sp³-hybridized carbons (Fsp3) is 0.389. The van der Waals surface area contributed by atoms with E-state index in [1.165, 1.54) is 0 Å². The molecule has 2 aromatic rings. The van der Waals surface area contributed by atoms with Gasteiger partial charge in [0, 0.05) is 36.2 Å². The van der Waals surface area contributed by atoms with Crippen molar-refractivity contribution in [2.75, 3.05) is 13.6 Å². The van der Waals surface area contributed by atoms with Gasteiger partial charge in [0.1, 0.15) is 5.76 Å². The lowest BCUT2D eigenvalue weighted by Crippen LogP contribution is -2.29. The Hall–Kier alpha value is -2.34. The van der Waals surface area contributed by atoms with E-state index in [4.69, 9.17) is 16.1 Å². The van der Waals surface area contributed by atoms with Crippen LogP contribution in [0.2, 0.25) is 5.02 Å². The first-order valence-electron chi connectivity index (χ1n) is 8.08. The monoisotopic (exact) mass is 363 g/mol. The summed E-state index contributed by atoms with van der Waals surface area (Å²) in [5.41, 5.74) is 2.28. The summed E-state index contributed by atoms with van der Waals surface area (Å²) in [6, 6.07) is 6.67. The summed E-state index contributed by atoms with van der Waals surface area (Å²) >= 11 is 5.79. The molecule has 0 aliphatic rings. The lowest BCUT2D eigenvalue weighted by Gasteiger charge is -2.17. The van der Waals surface area contributed by atoms with Crippen molar-refractivity contribution in [1.82, 2.24) is 15.4 Å². The van der Waals surface area contributed by atoms with Crippen LogP contribution in [-0.4, -0.2) is 35.5 Å². The molecule has 0 fully saturated rings. The highest BCUT2D eigenvalue weighted by Gasteiger charge is 2.15. The molecule has 0 bridgehead atoms. The molecular formula is C18H22ClN3O3. The van der Waals surface area contributed by atoms with Crippen molar-refractivity contribution in [2.24, 2.45) is 0 Å². The van der Waals surface area contributed by atoms with Gasteiger partial charge in [0.05, 0.1) is 12.2 Å². The summed E-state index contributed by atoms with van der Waals surface area (Å²) in [5.74, 6) is 0.571. The van der Waals surface area contributed by atoms with Crippen molar-refractivity contribution in [3.8, 4) is 0 Å². The number of benzene rings is 1. The number of halogens is 1. The quantitative estimate of drug-likeness (QED) is 0.767. The maximum atomic E-state index is 12.2. The zero-order valence-corrected chi connectivity index (χ0v) is 15.4. The normalized spacial score (nSPS) is 10.6. The lowest BCUT2D eigenvalue weighted by atomic mass is 10.2. The summed E-state index contributed by atoms with van der Waals surface area (Å²) in [4.78, 5) is 25.8. The van der Waals surface area contributed by atoms with E-state index in [0.29, 0.717) is 36.5 Å². The van der Waals surface area contributed by atoms with Gasteiger partial charge < -0.3 is 14.7 Å². The number of nitrogens with one attached hydrogen (secondary N) is 1. The molecule has 0 aliphatic carbocycles. The molecule has 6 nitrogen and oxygen atoms in total.